The van der Waals surface area contributed by atoms with Crippen molar-refractivity contribution in [3.63, 3.8) is 0 Å². The van der Waals surface area contributed by atoms with Crippen LogP contribution in [0.15, 0.2) is 48.6 Å². The Bertz CT molecular complexity index is 562. The summed E-state index contributed by atoms with van der Waals surface area (Å²) < 4.78 is 20.9. The standard InChI is InChI=1S/C18H22O6/c1-11(2)17(19)23-13(5)21-15-7-9-16(10-8-15)22-14(6)24-18(20)12(3)4/h7-10,13-14H,1,3H2,2,4-6H3. The molecular formula is C18H22O6. The third-order valence-corrected chi connectivity index (χ3v) is 2.67. The Morgan fingerprint density at radius 1 is 0.792 bits per heavy atom. The summed E-state index contributed by atoms with van der Waals surface area (Å²) in [6.07, 6.45) is -1.51. The van der Waals surface area contributed by atoms with E-state index in [9.17, 15) is 9.59 Å². The number of carbonyl (C=O) groups excluding carboxylic acids is 2. The summed E-state index contributed by atoms with van der Waals surface area (Å²) in [7, 11) is 0. The van der Waals surface area contributed by atoms with E-state index >= 15 is 0 Å². The van der Waals surface area contributed by atoms with Crippen LogP contribution in [0.3, 0.4) is 0 Å². The fourth-order valence-electron chi connectivity index (χ4n) is 1.53. The molecule has 130 valence electrons. The summed E-state index contributed by atoms with van der Waals surface area (Å²) in [5, 5.41) is 0. The van der Waals surface area contributed by atoms with Crippen LogP contribution in [0.2, 0.25) is 0 Å². The SMILES string of the molecule is C=C(C)C(=O)OC(C)Oc1ccc(OC(C)OC(=O)C(=C)C)cc1. The van der Waals surface area contributed by atoms with Gasteiger partial charge in [0.25, 0.3) is 0 Å². The molecule has 2 atom stereocenters. The number of rotatable bonds is 8. The lowest BCUT2D eigenvalue weighted by Gasteiger charge is -2.17. The fraction of sp³-hybridized carbons (Fsp3) is 0.333. The average molecular weight is 334 g/mol. The number of esters is 2. The van der Waals surface area contributed by atoms with Crippen LogP contribution in [0.25, 0.3) is 0 Å². The maximum atomic E-state index is 11.4. The van der Waals surface area contributed by atoms with E-state index < -0.39 is 24.5 Å². The molecule has 0 radical (unpaired) electrons. The van der Waals surface area contributed by atoms with Gasteiger partial charge in [-0.3, -0.25) is 0 Å². The third kappa shape index (κ3) is 6.56. The molecule has 0 fully saturated rings. The van der Waals surface area contributed by atoms with E-state index in [4.69, 9.17) is 18.9 Å². The van der Waals surface area contributed by atoms with E-state index in [1.54, 1.807) is 52.0 Å². The van der Waals surface area contributed by atoms with Gasteiger partial charge < -0.3 is 18.9 Å². The van der Waals surface area contributed by atoms with E-state index in [1.807, 2.05) is 0 Å². The van der Waals surface area contributed by atoms with Crippen LogP contribution in [0.5, 0.6) is 11.5 Å². The Hall–Kier alpha value is -2.76. The number of benzene rings is 1. The largest absolute Gasteiger partial charge is 0.455 e. The predicted molar refractivity (Wildman–Crippen MR) is 88.4 cm³/mol. The second kappa shape index (κ2) is 8.76. The Morgan fingerprint density at radius 2 is 1.08 bits per heavy atom. The van der Waals surface area contributed by atoms with Gasteiger partial charge in [-0.1, -0.05) is 13.2 Å². The van der Waals surface area contributed by atoms with Gasteiger partial charge in [-0.05, 0) is 38.1 Å². The molecule has 0 heterocycles. The van der Waals surface area contributed by atoms with Crippen molar-refractivity contribution in [1.82, 2.24) is 0 Å². The maximum absolute atomic E-state index is 11.4. The van der Waals surface area contributed by atoms with Gasteiger partial charge in [0, 0.05) is 25.0 Å². The molecule has 6 heteroatoms. The molecule has 1 aromatic carbocycles. The van der Waals surface area contributed by atoms with Gasteiger partial charge in [-0.25, -0.2) is 9.59 Å². The number of carbonyl (C=O) groups is 2. The molecule has 0 aromatic heterocycles. The second-order valence-electron chi connectivity index (χ2n) is 5.21. The summed E-state index contributed by atoms with van der Waals surface area (Å²) >= 11 is 0. The van der Waals surface area contributed by atoms with Crippen molar-refractivity contribution in [2.24, 2.45) is 0 Å². The van der Waals surface area contributed by atoms with Crippen molar-refractivity contribution in [2.45, 2.75) is 40.3 Å². The highest BCUT2D eigenvalue weighted by molar-refractivity contribution is 5.87. The van der Waals surface area contributed by atoms with E-state index in [0.717, 1.165) is 0 Å². The first-order valence-corrected chi connectivity index (χ1v) is 7.35. The highest BCUT2D eigenvalue weighted by Crippen LogP contribution is 2.20. The minimum absolute atomic E-state index is 0.299. The smallest absolute Gasteiger partial charge is 0.336 e. The number of hydrogen-bond donors (Lipinski definition) is 0. The zero-order chi connectivity index (χ0) is 18.3. The number of ether oxygens (including phenoxy) is 4. The van der Waals surface area contributed by atoms with Crippen LogP contribution in [0.1, 0.15) is 27.7 Å². The lowest BCUT2D eigenvalue weighted by molar-refractivity contribution is -0.157. The Labute approximate surface area is 141 Å². The molecule has 0 N–H and O–H groups in total. The predicted octanol–water partition coefficient (Wildman–Crippen LogP) is 3.37. The van der Waals surface area contributed by atoms with Crippen LogP contribution in [-0.2, 0) is 19.1 Å². The van der Waals surface area contributed by atoms with Gasteiger partial charge in [-0.2, -0.15) is 0 Å². The van der Waals surface area contributed by atoms with Crippen LogP contribution in [0.4, 0.5) is 0 Å². The first kappa shape index (κ1) is 19.3. The minimum atomic E-state index is -0.753. The van der Waals surface area contributed by atoms with E-state index in [1.165, 1.54) is 0 Å². The molecule has 1 rings (SSSR count). The topological polar surface area (TPSA) is 71.1 Å². The van der Waals surface area contributed by atoms with Crippen molar-refractivity contribution in [1.29, 1.82) is 0 Å². The highest BCUT2D eigenvalue weighted by Gasteiger charge is 2.13. The molecule has 0 bridgehead atoms. The third-order valence-electron chi connectivity index (χ3n) is 2.67. The van der Waals surface area contributed by atoms with Gasteiger partial charge >= 0.3 is 11.9 Å². The molecule has 0 saturated carbocycles. The van der Waals surface area contributed by atoms with Crippen molar-refractivity contribution >= 4 is 11.9 Å². The van der Waals surface area contributed by atoms with Gasteiger partial charge in [0.2, 0.25) is 12.6 Å². The lowest BCUT2D eigenvalue weighted by Crippen LogP contribution is -2.21. The molecule has 0 spiro atoms. The Kier molecular flexibility index (Phi) is 7.04. The van der Waals surface area contributed by atoms with Crippen molar-refractivity contribution < 1.29 is 28.5 Å². The molecule has 0 aliphatic rings. The number of hydrogen-bond acceptors (Lipinski definition) is 6. The second-order valence-corrected chi connectivity index (χ2v) is 5.21. The monoisotopic (exact) mass is 334 g/mol. The van der Waals surface area contributed by atoms with E-state index in [2.05, 4.69) is 13.2 Å². The minimum Gasteiger partial charge on any atom is -0.455 e. The van der Waals surface area contributed by atoms with E-state index in [-0.39, 0.29) is 0 Å². The van der Waals surface area contributed by atoms with Gasteiger partial charge in [0.05, 0.1) is 0 Å². The normalized spacial score (nSPS) is 12.5. The zero-order valence-electron chi connectivity index (χ0n) is 14.3. The van der Waals surface area contributed by atoms with Gasteiger partial charge in [0.1, 0.15) is 11.5 Å². The van der Waals surface area contributed by atoms with Crippen LogP contribution >= 0.6 is 0 Å². The van der Waals surface area contributed by atoms with Gasteiger partial charge in [-0.15, -0.1) is 0 Å². The van der Waals surface area contributed by atoms with Crippen LogP contribution in [0, 0.1) is 0 Å². The Balaban J connectivity index is 2.53. The summed E-state index contributed by atoms with van der Waals surface area (Å²) in [5.41, 5.74) is 0.597. The molecular weight excluding hydrogens is 312 g/mol. The molecule has 0 aliphatic carbocycles. The van der Waals surface area contributed by atoms with Gasteiger partial charge in [0.15, 0.2) is 0 Å². The summed E-state index contributed by atoms with van der Waals surface area (Å²) in [6, 6.07) is 6.59. The first-order valence-electron chi connectivity index (χ1n) is 7.35. The van der Waals surface area contributed by atoms with Crippen molar-refractivity contribution in [3.05, 3.63) is 48.6 Å². The molecule has 0 aliphatic heterocycles. The van der Waals surface area contributed by atoms with Crippen LogP contribution < -0.4 is 9.47 Å². The molecule has 1 aromatic rings. The lowest BCUT2D eigenvalue weighted by atomic mass is 10.3. The average Bonchev–Trinajstić information content (AvgIpc) is 2.48. The zero-order valence-corrected chi connectivity index (χ0v) is 14.3. The Morgan fingerprint density at radius 3 is 1.33 bits per heavy atom. The van der Waals surface area contributed by atoms with Crippen LogP contribution in [-0.4, -0.2) is 24.5 Å². The van der Waals surface area contributed by atoms with Crippen molar-refractivity contribution in [2.75, 3.05) is 0 Å². The van der Waals surface area contributed by atoms with E-state index in [0.29, 0.717) is 22.6 Å². The molecule has 2 unspecified atom stereocenters. The maximum Gasteiger partial charge on any atom is 0.336 e. The summed E-state index contributed by atoms with van der Waals surface area (Å²) in [4.78, 5) is 22.8. The molecule has 24 heavy (non-hydrogen) atoms. The first-order chi connectivity index (χ1) is 11.2. The summed E-state index contributed by atoms with van der Waals surface area (Å²) in [5.74, 6) is -0.0434. The highest BCUT2D eigenvalue weighted by atomic mass is 16.7. The summed E-state index contributed by atoms with van der Waals surface area (Å²) in [6.45, 7) is 13.3. The van der Waals surface area contributed by atoms with Crippen molar-refractivity contribution in [3.8, 4) is 11.5 Å². The molecule has 6 nitrogen and oxygen atoms in total. The molecule has 0 amide bonds. The fourth-order valence-corrected chi connectivity index (χ4v) is 1.53. The molecule has 0 saturated heterocycles. The quantitative estimate of drug-likeness (QED) is 0.412.